The van der Waals surface area contributed by atoms with E-state index in [1.54, 1.807) is 0 Å². The zero-order valence-electron chi connectivity index (χ0n) is 10.5. The predicted octanol–water partition coefficient (Wildman–Crippen LogP) is 4.95. The summed E-state index contributed by atoms with van der Waals surface area (Å²) in [6.45, 7) is 4.32. The molecular formula is C17H18. The SMILES string of the molecule is CCC(=Cc1ccc(C)cc1)c1ccccc1. The zero-order chi connectivity index (χ0) is 12.1. The highest BCUT2D eigenvalue weighted by molar-refractivity contribution is 5.81. The number of hydrogen-bond donors (Lipinski definition) is 0. The van der Waals surface area contributed by atoms with Crippen molar-refractivity contribution in [3.63, 3.8) is 0 Å². The van der Waals surface area contributed by atoms with Crippen LogP contribution in [0.5, 0.6) is 0 Å². The van der Waals surface area contributed by atoms with Crippen molar-refractivity contribution < 1.29 is 0 Å². The molecule has 0 aliphatic rings. The molecule has 0 N–H and O–H groups in total. The highest BCUT2D eigenvalue weighted by atomic mass is 14.0. The Hall–Kier alpha value is -1.82. The van der Waals surface area contributed by atoms with Crippen molar-refractivity contribution in [3.8, 4) is 0 Å². The van der Waals surface area contributed by atoms with Gasteiger partial charge in [0.15, 0.2) is 0 Å². The van der Waals surface area contributed by atoms with Crippen LogP contribution >= 0.6 is 0 Å². The minimum Gasteiger partial charge on any atom is -0.0622 e. The van der Waals surface area contributed by atoms with E-state index in [1.807, 2.05) is 0 Å². The summed E-state index contributed by atoms with van der Waals surface area (Å²) in [5, 5.41) is 0. The van der Waals surface area contributed by atoms with Gasteiger partial charge in [-0.05, 0) is 30.0 Å². The Labute approximate surface area is 104 Å². The minimum absolute atomic E-state index is 1.05. The first-order valence-electron chi connectivity index (χ1n) is 6.12. The lowest BCUT2D eigenvalue weighted by Crippen LogP contribution is -1.83. The van der Waals surface area contributed by atoms with Crippen LogP contribution in [-0.2, 0) is 0 Å². The van der Waals surface area contributed by atoms with E-state index in [0.717, 1.165) is 6.42 Å². The molecule has 0 saturated heterocycles. The van der Waals surface area contributed by atoms with Crippen molar-refractivity contribution in [3.05, 3.63) is 71.3 Å². The average Bonchev–Trinajstić information content (AvgIpc) is 2.39. The largest absolute Gasteiger partial charge is 0.0622 e. The summed E-state index contributed by atoms with van der Waals surface area (Å²) in [5.41, 5.74) is 5.28. The van der Waals surface area contributed by atoms with Crippen LogP contribution < -0.4 is 0 Å². The van der Waals surface area contributed by atoms with Crippen molar-refractivity contribution in [2.75, 3.05) is 0 Å². The van der Waals surface area contributed by atoms with Gasteiger partial charge in [-0.25, -0.2) is 0 Å². The first-order valence-corrected chi connectivity index (χ1v) is 6.12. The highest BCUT2D eigenvalue weighted by Crippen LogP contribution is 2.21. The first kappa shape index (κ1) is 11.7. The molecule has 0 nitrogen and oxygen atoms in total. The van der Waals surface area contributed by atoms with Gasteiger partial charge in [0.1, 0.15) is 0 Å². The second kappa shape index (κ2) is 5.49. The Morgan fingerprint density at radius 2 is 1.59 bits per heavy atom. The quantitative estimate of drug-likeness (QED) is 0.645. The van der Waals surface area contributed by atoms with Gasteiger partial charge < -0.3 is 0 Å². The number of aryl methyl sites for hydroxylation is 1. The summed E-state index contributed by atoms with van der Waals surface area (Å²) in [6.07, 6.45) is 3.33. The molecular weight excluding hydrogens is 204 g/mol. The summed E-state index contributed by atoms with van der Waals surface area (Å²) in [4.78, 5) is 0. The fraction of sp³-hybridized carbons (Fsp3) is 0.176. The molecule has 0 bridgehead atoms. The molecule has 0 aromatic heterocycles. The molecule has 0 spiro atoms. The van der Waals surface area contributed by atoms with E-state index >= 15 is 0 Å². The van der Waals surface area contributed by atoms with Crippen LogP contribution in [0.3, 0.4) is 0 Å². The first-order chi connectivity index (χ1) is 8.29. The summed E-state index contributed by atoms with van der Waals surface area (Å²) < 4.78 is 0. The normalized spacial score (nSPS) is 11.5. The Morgan fingerprint density at radius 3 is 2.18 bits per heavy atom. The molecule has 2 rings (SSSR count). The fourth-order valence-electron chi connectivity index (χ4n) is 1.91. The van der Waals surface area contributed by atoms with Crippen molar-refractivity contribution in [2.45, 2.75) is 20.3 Å². The Morgan fingerprint density at radius 1 is 0.941 bits per heavy atom. The minimum atomic E-state index is 1.05. The van der Waals surface area contributed by atoms with Gasteiger partial charge in [0.2, 0.25) is 0 Å². The lowest BCUT2D eigenvalue weighted by atomic mass is 10.0. The standard InChI is InChI=1S/C17H18/c1-3-16(17-7-5-4-6-8-17)13-15-11-9-14(2)10-12-15/h4-13H,3H2,1-2H3. The van der Waals surface area contributed by atoms with E-state index in [0.29, 0.717) is 0 Å². The van der Waals surface area contributed by atoms with Gasteiger partial charge in [-0.2, -0.15) is 0 Å². The van der Waals surface area contributed by atoms with Crippen molar-refractivity contribution >= 4 is 11.6 Å². The second-order valence-electron chi connectivity index (χ2n) is 4.30. The van der Waals surface area contributed by atoms with Crippen molar-refractivity contribution in [2.24, 2.45) is 0 Å². The number of allylic oxidation sites excluding steroid dienone is 1. The second-order valence-corrected chi connectivity index (χ2v) is 4.30. The lowest BCUT2D eigenvalue weighted by molar-refractivity contribution is 1.25. The third-order valence-electron chi connectivity index (χ3n) is 2.94. The van der Waals surface area contributed by atoms with E-state index in [9.17, 15) is 0 Å². The van der Waals surface area contributed by atoms with E-state index in [-0.39, 0.29) is 0 Å². The van der Waals surface area contributed by atoms with Crippen LogP contribution in [0.15, 0.2) is 54.6 Å². The van der Waals surface area contributed by atoms with Crippen LogP contribution in [0, 0.1) is 6.92 Å². The molecule has 86 valence electrons. The zero-order valence-corrected chi connectivity index (χ0v) is 10.5. The van der Waals surface area contributed by atoms with Crippen LogP contribution in [0.1, 0.15) is 30.0 Å². The van der Waals surface area contributed by atoms with E-state index in [2.05, 4.69) is 74.5 Å². The smallest absolute Gasteiger partial charge is 0.0224 e. The highest BCUT2D eigenvalue weighted by Gasteiger charge is 1.98. The molecule has 17 heavy (non-hydrogen) atoms. The van der Waals surface area contributed by atoms with E-state index in [1.165, 1.54) is 22.3 Å². The summed E-state index contributed by atoms with van der Waals surface area (Å²) in [6, 6.07) is 19.2. The molecule has 0 unspecified atom stereocenters. The summed E-state index contributed by atoms with van der Waals surface area (Å²) in [7, 11) is 0. The molecule has 0 radical (unpaired) electrons. The van der Waals surface area contributed by atoms with E-state index < -0.39 is 0 Å². The fourth-order valence-corrected chi connectivity index (χ4v) is 1.91. The van der Waals surface area contributed by atoms with Gasteiger partial charge in [-0.1, -0.05) is 73.2 Å². The molecule has 0 aliphatic carbocycles. The third kappa shape index (κ3) is 3.07. The van der Waals surface area contributed by atoms with Gasteiger partial charge in [-0.3, -0.25) is 0 Å². The maximum atomic E-state index is 2.27. The Kier molecular flexibility index (Phi) is 3.77. The van der Waals surface area contributed by atoms with Crippen LogP contribution in [0.25, 0.3) is 11.6 Å². The summed E-state index contributed by atoms with van der Waals surface area (Å²) in [5.74, 6) is 0. The maximum Gasteiger partial charge on any atom is -0.0224 e. The molecule has 0 heterocycles. The number of hydrogen-bond acceptors (Lipinski definition) is 0. The Balaban J connectivity index is 2.33. The monoisotopic (exact) mass is 222 g/mol. The molecule has 2 aromatic rings. The van der Waals surface area contributed by atoms with Crippen LogP contribution in [-0.4, -0.2) is 0 Å². The van der Waals surface area contributed by atoms with Gasteiger partial charge >= 0.3 is 0 Å². The average molecular weight is 222 g/mol. The van der Waals surface area contributed by atoms with Gasteiger partial charge in [0.05, 0.1) is 0 Å². The molecule has 2 aromatic carbocycles. The van der Waals surface area contributed by atoms with E-state index in [4.69, 9.17) is 0 Å². The lowest BCUT2D eigenvalue weighted by Gasteiger charge is -2.05. The maximum absolute atomic E-state index is 2.27. The molecule has 0 saturated carbocycles. The number of benzene rings is 2. The topological polar surface area (TPSA) is 0 Å². The van der Waals surface area contributed by atoms with Gasteiger partial charge in [-0.15, -0.1) is 0 Å². The third-order valence-corrected chi connectivity index (χ3v) is 2.94. The molecule has 0 aliphatic heterocycles. The van der Waals surface area contributed by atoms with Gasteiger partial charge in [0, 0.05) is 0 Å². The molecule has 0 amide bonds. The van der Waals surface area contributed by atoms with Crippen LogP contribution in [0.2, 0.25) is 0 Å². The Bertz CT molecular complexity index is 489. The summed E-state index contributed by atoms with van der Waals surface area (Å²) >= 11 is 0. The van der Waals surface area contributed by atoms with Gasteiger partial charge in [0.25, 0.3) is 0 Å². The van der Waals surface area contributed by atoms with Crippen molar-refractivity contribution in [1.29, 1.82) is 0 Å². The van der Waals surface area contributed by atoms with Crippen molar-refractivity contribution in [1.82, 2.24) is 0 Å². The molecule has 0 atom stereocenters. The van der Waals surface area contributed by atoms with Crippen LogP contribution in [0.4, 0.5) is 0 Å². The predicted molar refractivity (Wildman–Crippen MR) is 75.8 cm³/mol. The number of rotatable bonds is 3. The molecule has 0 fully saturated rings. The molecule has 0 heteroatoms.